The summed E-state index contributed by atoms with van der Waals surface area (Å²) >= 11 is 1.39. The molecule has 6 heteroatoms. The second-order valence-corrected chi connectivity index (χ2v) is 8.46. The number of aryl methyl sites for hydroxylation is 1. The average Bonchev–Trinajstić information content (AvgIpc) is 2.75. The van der Waals surface area contributed by atoms with E-state index in [4.69, 9.17) is 0 Å². The third-order valence-electron chi connectivity index (χ3n) is 4.68. The van der Waals surface area contributed by atoms with Gasteiger partial charge in [-0.3, -0.25) is 9.59 Å². The average molecular weight is 437 g/mol. The van der Waals surface area contributed by atoms with Gasteiger partial charge in [0, 0.05) is 28.3 Å². The van der Waals surface area contributed by atoms with Crippen LogP contribution in [0.2, 0.25) is 0 Å². The lowest BCUT2D eigenvalue weighted by atomic mass is 10.1. The third kappa shape index (κ3) is 6.96. The Kier molecular flexibility index (Phi) is 7.84. The van der Waals surface area contributed by atoms with Crippen molar-refractivity contribution in [2.24, 2.45) is 0 Å². The van der Waals surface area contributed by atoms with Crippen LogP contribution in [-0.2, 0) is 11.2 Å². The number of hydrogen-bond donors (Lipinski definition) is 2. The van der Waals surface area contributed by atoms with Gasteiger partial charge >= 0.3 is 0 Å². The van der Waals surface area contributed by atoms with Gasteiger partial charge < -0.3 is 10.6 Å². The molecule has 0 fully saturated rings. The lowest BCUT2D eigenvalue weighted by Gasteiger charge is -2.16. The maximum atomic E-state index is 13.2. The van der Waals surface area contributed by atoms with E-state index in [9.17, 15) is 14.0 Å². The standard InChI is InChI=1S/C25H25FN2O2S/c1-17(8-9-19-6-4-3-5-7-19)27-25(30)20-10-15-24(23(16-20)28-18(2)29)31-22-13-11-21(26)12-14-22/h3-7,10-17H,8-9H2,1-2H3,(H,27,30)(H,28,29)/t17-/m0/s1. The molecule has 3 aromatic carbocycles. The molecule has 0 heterocycles. The van der Waals surface area contributed by atoms with Crippen LogP contribution in [0.4, 0.5) is 10.1 Å². The first-order valence-electron chi connectivity index (χ1n) is 10.1. The Balaban J connectivity index is 1.69. The van der Waals surface area contributed by atoms with E-state index in [1.807, 2.05) is 25.1 Å². The zero-order valence-electron chi connectivity index (χ0n) is 17.5. The van der Waals surface area contributed by atoms with E-state index in [2.05, 4.69) is 22.8 Å². The maximum absolute atomic E-state index is 13.2. The minimum absolute atomic E-state index is 0.00480. The summed E-state index contributed by atoms with van der Waals surface area (Å²) in [5, 5.41) is 5.81. The second-order valence-electron chi connectivity index (χ2n) is 7.35. The lowest BCUT2D eigenvalue weighted by molar-refractivity contribution is -0.114. The number of carbonyl (C=O) groups is 2. The predicted molar refractivity (Wildman–Crippen MR) is 123 cm³/mol. The summed E-state index contributed by atoms with van der Waals surface area (Å²) in [5.41, 5.74) is 2.25. The van der Waals surface area contributed by atoms with Gasteiger partial charge in [0.05, 0.1) is 5.69 Å². The summed E-state index contributed by atoms with van der Waals surface area (Å²) in [4.78, 5) is 26.0. The highest BCUT2D eigenvalue weighted by molar-refractivity contribution is 7.99. The van der Waals surface area contributed by atoms with E-state index in [1.165, 1.54) is 36.4 Å². The number of anilines is 1. The van der Waals surface area contributed by atoms with E-state index >= 15 is 0 Å². The molecule has 0 unspecified atom stereocenters. The Morgan fingerprint density at radius 3 is 2.39 bits per heavy atom. The van der Waals surface area contributed by atoms with Gasteiger partial charge in [-0.1, -0.05) is 42.1 Å². The quantitative estimate of drug-likeness (QED) is 0.477. The van der Waals surface area contributed by atoms with Crippen molar-refractivity contribution in [3.8, 4) is 0 Å². The highest BCUT2D eigenvalue weighted by Crippen LogP contribution is 2.34. The molecule has 1 atom stereocenters. The van der Waals surface area contributed by atoms with Crippen LogP contribution in [0, 0.1) is 5.82 Å². The molecular weight excluding hydrogens is 411 g/mol. The first kappa shape index (κ1) is 22.6. The van der Waals surface area contributed by atoms with Crippen molar-refractivity contribution < 1.29 is 14.0 Å². The normalized spacial score (nSPS) is 11.6. The van der Waals surface area contributed by atoms with Gasteiger partial charge in [-0.25, -0.2) is 4.39 Å². The molecular formula is C25H25FN2O2S. The Morgan fingerprint density at radius 1 is 1.00 bits per heavy atom. The van der Waals surface area contributed by atoms with Crippen molar-refractivity contribution >= 4 is 29.3 Å². The van der Waals surface area contributed by atoms with E-state index < -0.39 is 0 Å². The van der Waals surface area contributed by atoms with Crippen molar-refractivity contribution in [1.29, 1.82) is 0 Å². The fraction of sp³-hybridized carbons (Fsp3) is 0.200. The monoisotopic (exact) mass is 436 g/mol. The Morgan fingerprint density at radius 2 is 1.71 bits per heavy atom. The summed E-state index contributed by atoms with van der Waals surface area (Å²) in [6.45, 7) is 3.40. The summed E-state index contributed by atoms with van der Waals surface area (Å²) in [6.07, 6.45) is 1.71. The number of carbonyl (C=O) groups excluding carboxylic acids is 2. The molecule has 0 bridgehead atoms. The van der Waals surface area contributed by atoms with Crippen LogP contribution < -0.4 is 10.6 Å². The van der Waals surface area contributed by atoms with Crippen LogP contribution in [-0.4, -0.2) is 17.9 Å². The molecule has 2 N–H and O–H groups in total. The number of nitrogens with one attached hydrogen (secondary N) is 2. The van der Waals surface area contributed by atoms with Crippen molar-refractivity contribution in [2.75, 3.05) is 5.32 Å². The third-order valence-corrected chi connectivity index (χ3v) is 5.76. The molecule has 2 amide bonds. The minimum atomic E-state index is -0.306. The van der Waals surface area contributed by atoms with Gasteiger partial charge in [-0.2, -0.15) is 0 Å². The number of amides is 2. The number of halogens is 1. The van der Waals surface area contributed by atoms with Crippen LogP contribution >= 0.6 is 11.8 Å². The van der Waals surface area contributed by atoms with Gasteiger partial charge in [0.1, 0.15) is 5.82 Å². The fourth-order valence-corrected chi connectivity index (χ4v) is 3.97. The highest BCUT2D eigenvalue weighted by Gasteiger charge is 2.14. The minimum Gasteiger partial charge on any atom is -0.350 e. The smallest absolute Gasteiger partial charge is 0.251 e. The van der Waals surface area contributed by atoms with Gasteiger partial charge in [0.15, 0.2) is 0 Å². The fourth-order valence-electron chi connectivity index (χ4n) is 3.08. The number of hydrogen-bond acceptors (Lipinski definition) is 3. The van der Waals surface area contributed by atoms with Gasteiger partial charge in [0.2, 0.25) is 5.91 Å². The Hall–Kier alpha value is -3.12. The van der Waals surface area contributed by atoms with Crippen LogP contribution in [0.5, 0.6) is 0 Å². The lowest BCUT2D eigenvalue weighted by Crippen LogP contribution is -2.33. The van der Waals surface area contributed by atoms with Crippen LogP contribution in [0.3, 0.4) is 0 Å². The predicted octanol–water partition coefficient (Wildman–Crippen LogP) is 5.69. The molecule has 0 aliphatic rings. The van der Waals surface area contributed by atoms with Crippen molar-refractivity contribution in [2.45, 2.75) is 42.5 Å². The van der Waals surface area contributed by atoms with Crippen LogP contribution in [0.1, 0.15) is 36.2 Å². The number of benzene rings is 3. The van der Waals surface area contributed by atoms with E-state index in [0.717, 1.165) is 22.6 Å². The number of rotatable bonds is 8. The first-order chi connectivity index (χ1) is 14.9. The molecule has 0 aromatic heterocycles. The largest absolute Gasteiger partial charge is 0.350 e. The molecule has 160 valence electrons. The molecule has 3 rings (SSSR count). The highest BCUT2D eigenvalue weighted by atomic mass is 32.2. The summed E-state index contributed by atoms with van der Waals surface area (Å²) in [7, 11) is 0. The summed E-state index contributed by atoms with van der Waals surface area (Å²) in [6, 6.07) is 21.5. The zero-order valence-corrected chi connectivity index (χ0v) is 18.3. The molecule has 4 nitrogen and oxygen atoms in total. The van der Waals surface area contributed by atoms with E-state index in [-0.39, 0.29) is 23.7 Å². The molecule has 0 saturated carbocycles. The van der Waals surface area contributed by atoms with Crippen LogP contribution in [0.25, 0.3) is 0 Å². The van der Waals surface area contributed by atoms with E-state index in [1.54, 1.807) is 30.3 Å². The Labute approximate surface area is 186 Å². The van der Waals surface area contributed by atoms with Crippen molar-refractivity contribution in [1.82, 2.24) is 5.32 Å². The molecule has 31 heavy (non-hydrogen) atoms. The first-order valence-corrected chi connectivity index (χ1v) is 10.9. The molecule has 0 saturated heterocycles. The maximum Gasteiger partial charge on any atom is 0.251 e. The molecule has 3 aromatic rings. The van der Waals surface area contributed by atoms with Crippen molar-refractivity contribution in [3.63, 3.8) is 0 Å². The topological polar surface area (TPSA) is 58.2 Å². The van der Waals surface area contributed by atoms with Gasteiger partial charge in [0.25, 0.3) is 5.91 Å². The zero-order chi connectivity index (χ0) is 22.2. The Bertz CT molecular complexity index is 1040. The van der Waals surface area contributed by atoms with Gasteiger partial charge in [-0.05, 0) is 67.8 Å². The molecule has 0 spiro atoms. The second kappa shape index (κ2) is 10.8. The summed E-state index contributed by atoms with van der Waals surface area (Å²) in [5.74, 6) is -0.722. The molecule has 0 radical (unpaired) electrons. The summed E-state index contributed by atoms with van der Waals surface area (Å²) < 4.78 is 13.2. The molecule has 0 aliphatic heterocycles. The SMILES string of the molecule is CC(=O)Nc1cc(C(=O)N[C@@H](C)CCc2ccccc2)ccc1Sc1ccc(F)cc1. The molecule has 0 aliphatic carbocycles. The van der Waals surface area contributed by atoms with Crippen molar-refractivity contribution in [3.05, 3.63) is 89.7 Å². The van der Waals surface area contributed by atoms with Gasteiger partial charge in [-0.15, -0.1) is 0 Å². The van der Waals surface area contributed by atoms with Crippen LogP contribution in [0.15, 0.2) is 82.6 Å². The van der Waals surface area contributed by atoms with E-state index in [0.29, 0.717) is 11.3 Å².